The van der Waals surface area contributed by atoms with Crippen molar-refractivity contribution in [1.82, 2.24) is 0 Å². The first-order valence-corrected chi connectivity index (χ1v) is 10.5. The molecule has 1 aliphatic carbocycles. The monoisotopic (exact) mass is 390 g/mol. The maximum Gasteiger partial charge on any atom is 0.303 e. The number of carboxylic acids is 1. The number of unbranched alkanes of at least 4 members (excludes halogenated alkanes) is 3. The molecule has 0 spiro atoms. The summed E-state index contributed by atoms with van der Waals surface area (Å²) in [4.78, 5) is 10.5. The summed E-state index contributed by atoms with van der Waals surface area (Å²) in [5.41, 5.74) is 1.19. The van der Waals surface area contributed by atoms with Crippen molar-refractivity contribution in [3.05, 3.63) is 48.0 Å². The van der Waals surface area contributed by atoms with E-state index in [1.165, 1.54) is 5.56 Å². The normalized spacial score (nSPS) is 26.0. The first kappa shape index (κ1) is 22.6. The standard InChI is InChI=1S/C23H34O5/c24-18(13-12-17-8-4-3-5-9-17)14-15-20-19(21(25)16-22(20)26)10-6-1-2-7-11-23(27)28/h3-5,8-9,14-15,18-22,24-26H,1-2,6-7,10-13,16H2,(H,27,28)/b15-14+/t18-,19?,20+,21-,22+/m0/s1. The lowest BCUT2D eigenvalue weighted by atomic mass is 9.87. The third-order valence-electron chi connectivity index (χ3n) is 5.72. The summed E-state index contributed by atoms with van der Waals surface area (Å²) in [5, 5.41) is 39.5. The Kier molecular flexibility index (Phi) is 9.68. The second kappa shape index (κ2) is 12.0. The summed E-state index contributed by atoms with van der Waals surface area (Å²) in [7, 11) is 0. The fraction of sp³-hybridized carbons (Fsp3) is 0.609. The molecule has 0 heterocycles. The highest BCUT2D eigenvalue weighted by atomic mass is 16.4. The van der Waals surface area contributed by atoms with Gasteiger partial charge in [-0.1, -0.05) is 61.7 Å². The zero-order valence-electron chi connectivity index (χ0n) is 16.5. The van der Waals surface area contributed by atoms with Crippen LogP contribution in [0.2, 0.25) is 0 Å². The quantitative estimate of drug-likeness (QED) is 0.324. The van der Waals surface area contributed by atoms with Gasteiger partial charge in [0.25, 0.3) is 0 Å². The summed E-state index contributed by atoms with van der Waals surface area (Å²) in [6, 6.07) is 10.0. The molecule has 1 aromatic carbocycles. The number of hydrogen-bond acceptors (Lipinski definition) is 4. The molecule has 0 aliphatic heterocycles. The van der Waals surface area contributed by atoms with Crippen LogP contribution in [0.25, 0.3) is 0 Å². The molecule has 5 atom stereocenters. The van der Waals surface area contributed by atoms with Crippen molar-refractivity contribution in [1.29, 1.82) is 0 Å². The molecule has 5 heteroatoms. The van der Waals surface area contributed by atoms with Crippen LogP contribution >= 0.6 is 0 Å². The zero-order valence-corrected chi connectivity index (χ0v) is 16.5. The van der Waals surface area contributed by atoms with Gasteiger partial charge in [-0.3, -0.25) is 4.79 Å². The number of aliphatic hydroxyl groups excluding tert-OH is 3. The van der Waals surface area contributed by atoms with Crippen LogP contribution in [0.3, 0.4) is 0 Å². The van der Waals surface area contributed by atoms with Gasteiger partial charge in [-0.25, -0.2) is 0 Å². The van der Waals surface area contributed by atoms with Crippen LogP contribution in [0.15, 0.2) is 42.5 Å². The van der Waals surface area contributed by atoms with Crippen LogP contribution in [-0.2, 0) is 11.2 Å². The summed E-state index contributed by atoms with van der Waals surface area (Å²) in [6.45, 7) is 0. The molecule has 1 fully saturated rings. The van der Waals surface area contributed by atoms with E-state index in [4.69, 9.17) is 5.11 Å². The highest BCUT2D eigenvalue weighted by molar-refractivity contribution is 5.66. The molecule has 156 valence electrons. The lowest BCUT2D eigenvalue weighted by Gasteiger charge is -2.21. The summed E-state index contributed by atoms with van der Waals surface area (Å²) in [5.74, 6) is -0.905. The van der Waals surface area contributed by atoms with Crippen LogP contribution in [0.4, 0.5) is 0 Å². The first-order valence-electron chi connectivity index (χ1n) is 10.5. The molecular formula is C23H34O5. The lowest BCUT2D eigenvalue weighted by Crippen LogP contribution is -2.21. The Labute approximate surface area is 167 Å². The van der Waals surface area contributed by atoms with E-state index in [2.05, 4.69) is 0 Å². The molecule has 1 unspecified atom stereocenters. The number of rotatable bonds is 12. The molecule has 28 heavy (non-hydrogen) atoms. The molecule has 4 N–H and O–H groups in total. The number of carbonyl (C=O) groups is 1. The van der Waals surface area contributed by atoms with Gasteiger partial charge in [-0.15, -0.1) is 0 Å². The molecule has 1 aliphatic rings. The molecule has 1 saturated carbocycles. The van der Waals surface area contributed by atoms with Crippen molar-refractivity contribution in [3.63, 3.8) is 0 Å². The Balaban J connectivity index is 1.76. The minimum atomic E-state index is -0.759. The van der Waals surface area contributed by atoms with E-state index in [0.717, 1.165) is 32.1 Å². The van der Waals surface area contributed by atoms with Crippen molar-refractivity contribution in [2.45, 2.75) is 76.1 Å². The molecule has 0 saturated heterocycles. The minimum absolute atomic E-state index is 0.00736. The molecule has 2 rings (SSSR count). The van der Waals surface area contributed by atoms with Crippen molar-refractivity contribution < 1.29 is 25.2 Å². The fourth-order valence-electron chi connectivity index (χ4n) is 4.10. The number of carboxylic acid groups (broad SMARTS) is 1. The number of hydrogen-bond donors (Lipinski definition) is 4. The Morgan fingerprint density at radius 1 is 1.07 bits per heavy atom. The highest BCUT2D eigenvalue weighted by Gasteiger charge is 2.39. The average Bonchev–Trinajstić information content (AvgIpc) is 2.94. The number of aliphatic carboxylic acids is 1. The first-order chi connectivity index (χ1) is 13.5. The number of benzene rings is 1. The molecule has 5 nitrogen and oxygen atoms in total. The van der Waals surface area contributed by atoms with Gasteiger partial charge in [0.1, 0.15) is 0 Å². The van der Waals surface area contributed by atoms with Gasteiger partial charge in [-0.2, -0.15) is 0 Å². The van der Waals surface area contributed by atoms with Crippen molar-refractivity contribution >= 4 is 5.97 Å². The van der Waals surface area contributed by atoms with Crippen LogP contribution in [0.5, 0.6) is 0 Å². The Bertz CT molecular complexity index is 600. The maximum atomic E-state index is 10.5. The topological polar surface area (TPSA) is 98.0 Å². The molecule has 0 amide bonds. The van der Waals surface area contributed by atoms with E-state index in [-0.39, 0.29) is 18.3 Å². The summed E-state index contributed by atoms with van der Waals surface area (Å²) < 4.78 is 0. The predicted molar refractivity (Wildman–Crippen MR) is 109 cm³/mol. The SMILES string of the molecule is O=C(O)CCCCCCC1[C@@H](/C=C/[C@@H](O)CCc2ccccc2)[C@H](O)C[C@@H]1O. The molecule has 0 aromatic heterocycles. The average molecular weight is 391 g/mol. The molecule has 1 aromatic rings. The second-order valence-electron chi connectivity index (χ2n) is 7.93. The van der Waals surface area contributed by atoms with Crippen molar-refractivity contribution in [2.75, 3.05) is 0 Å². The van der Waals surface area contributed by atoms with Gasteiger partial charge in [0.15, 0.2) is 0 Å². The van der Waals surface area contributed by atoms with E-state index in [1.54, 1.807) is 6.08 Å². The van der Waals surface area contributed by atoms with E-state index in [1.807, 2.05) is 36.4 Å². The third kappa shape index (κ3) is 7.74. The molecule has 0 bridgehead atoms. The van der Waals surface area contributed by atoms with Gasteiger partial charge < -0.3 is 20.4 Å². The van der Waals surface area contributed by atoms with Gasteiger partial charge in [0, 0.05) is 18.8 Å². The highest BCUT2D eigenvalue weighted by Crippen LogP contribution is 2.37. The zero-order chi connectivity index (χ0) is 20.4. The second-order valence-corrected chi connectivity index (χ2v) is 7.93. The minimum Gasteiger partial charge on any atom is -0.481 e. The lowest BCUT2D eigenvalue weighted by molar-refractivity contribution is -0.137. The van der Waals surface area contributed by atoms with E-state index in [0.29, 0.717) is 19.3 Å². The number of aryl methyl sites for hydroxylation is 1. The Morgan fingerprint density at radius 3 is 2.50 bits per heavy atom. The largest absolute Gasteiger partial charge is 0.481 e. The van der Waals surface area contributed by atoms with E-state index >= 15 is 0 Å². The summed E-state index contributed by atoms with van der Waals surface area (Å²) in [6.07, 6.45) is 8.17. The van der Waals surface area contributed by atoms with Gasteiger partial charge >= 0.3 is 5.97 Å². The van der Waals surface area contributed by atoms with Crippen LogP contribution in [0.1, 0.15) is 56.9 Å². The molecular weight excluding hydrogens is 356 g/mol. The van der Waals surface area contributed by atoms with Gasteiger partial charge in [0.2, 0.25) is 0 Å². The third-order valence-corrected chi connectivity index (χ3v) is 5.72. The Hall–Kier alpha value is -1.69. The van der Waals surface area contributed by atoms with Gasteiger partial charge in [-0.05, 0) is 37.2 Å². The van der Waals surface area contributed by atoms with E-state index < -0.39 is 24.3 Å². The van der Waals surface area contributed by atoms with Crippen LogP contribution < -0.4 is 0 Å². The predicted octanol–water partition coefficient (Wildman–Crippen LogP) is 3.32. The smallest absolute Gasteiger partial charge is 0.303 e. The Morgan fingerprint density at radius 2 is 1.79 bits per heavy atom. The van der Waals surface area contributed by atoms with E-state index in [9.17, 15) is 20.1 Å². The number of aliphatic hydroxyl groups is 3. The van der Waals surface area contributed by atoms with Crippen LogP contribution in [-0.4, -0.2) is 44.7 Å². The molecule has 0 radical (unpaired) electrons. The van der Waals surface area contributed by atoms with Crippen molar-refractivity contribution in [3.8, 4) is 0 Å². The summed E-state index contributed by atoms with van der Waals surface area (Å²) >= 11 is 0. The maximum absolute atomic E-state index is 10.5. The van der Waals surface area contributed by atoms with Gasteiger partial charge in [0.05, 0.1) is 18.3 Å². The van der Waals surface area contributed by atoms with Crippen molar-refractivity contribution in [2.24, 2.45) is 11.8 Å². The fourth-order valence-corrected chi connectivity index (χ4v) is 4.10. The van der Waals surface area contributed by atoms with Crippen LogP contribution in [0, 0.1) is 11.8 Å².